The van der Waals surface area contributed by atoms with Crippen molar-refractivity contribution in [1.82, 2.24) is 4.90 Å². The standard InChI is InChI=1S/C18H19ClN2O5S/c1-20(10-13-3-5-14(19)6-4-13)18(22)11-21(27(2,23)24)15-7-8-16-17(9-15)26-12-25-16/h3-9H,10-12H2,1-2H3. The molecule has 2 aromatic carbocycles. The summed E-state index contributed by atoms with van der Waals surface area (Å²) < 4.78 is 36.1. The minimum atomic E-state index is -3.67. The average molecular weight is 411 g/mol. The molecular formula is C18H19ClN2O5S. The first kappa shape index (κ1) is 19.3. The van der Waals surface area contributed by atoms with E-state index < -0.39 is 10.0 Å². The summed E-state index contributed by atoms with van der Waals surface area (Å²) in [5.74, 6) is 0.648. The number of sulfonamides is 1. The number of hydrogen-bond donors (Lipinski definition) is 0. The Bertz CT molecular complexity index is 947. The number of carbonyl (C=O) groups is 1. The number of likely N-dealkylation sites (N-methyl/N-ethyl adjacent to an activating group) is 1. The maximum atomic E-state index is 12.6. The molecule has 0 saturated heterocycles. The molecule has 0 unspecified atom stereocenters. The largest absolute Gasteiger partial charge is 0.454 e. The van der Waals surface area contributed by atoms with Crippen molar-refractivity contribution in [2.75, 3.05) is 30.9 Å². The van der Waals surface area contributed by atoms with E-state index in [0.29, 0.717) is 28.8 Å². The fraction of sp³-hybridized carbons (Fsp3) is 0.278. The lowest BCUT2D eigenvalue weighted by atomic mass is 10.2. The van der Waals surface area contributed by atoms with Gasteiger partial charge in [0.15, 0.2) is 11.5 Å². The molecule has 3 rings (SSSR count). The number of benzene rings is 2. The fourth-order valence-corrected chi connectivity index (χ4v) is 3.60. The molecule has 0 spiro atoms. The molecule has 0 bridgehead atoms. The third kappa shape index (κ3) is 4.64. The van der Waals surface area contributed by atoms with Gasteiger partial charge in [0.2, 0.25) is 22.7 Å². The minimum Gasteiger partial charge on any atom is -0.454 e. The molecule has 0 atom stereocenters. The van der Waals surface area contributed by atoms with Crippen molar-refractivity contribution in [1.29, 1.82) is 0 Å². The molecule has 9 heteroatoms. The van der Waals surface area contributed by atoms with Crippen molar-refractivity contribution in [3.63, 3.8) is 0 Å². The van der Waals surface area contributed by atoms with Gasteiger partial charge in [0.1, 0.15) is 6.54 Å². The number of rotatable bonds is 6. The Morgan fingerprint density at radius 2 is 1.78 bits per heavy atom. The number of hydrogen-bond acceptors (Lipinski definition) is 5. The van der Waals surface area contributed by atoms with Gasteiger partial charge in [-0.2, -0.15) is 0 Å². The van der Waals surface area contributed by atoms with E-state index in [1.807, 2.05) is 12.1 Å². The minimum absolute atomic E-state index is 0.0838. The number of carbonyl (C=O) groups excluding carboxylic acids is 1. The first-order chi connectivity index (χ1) is 12.7. The molecule has 1 aliphatic heterocycles. The Hall–Kier alpha value is -2.45. The van der Waals surface area contributed by atoms with Crippen molar-refractivity contribution in [3.8, 4) is 11.5 Å². The maximum absolute atomic E-state index is 12.6. The summed E-state index contributed by atoms with van der Waals surface area (Å²) in [6.45, 7) is 0.109. The van der Waals surface area contributed by atoms with Crippen LogP contribution in [0.2, 0.25) is 5.02 Å². The van der Waals surface area contributed by atoms with Crippen LogP contribution in [0.5, 0.6) is 11.5 Å². The quantitative estimate of drug-likeness (QED) is 0.731. The van der Waals surface area contributed by atoms with Gasteiger partial charge < -0.3 is 14.4 Å². The number of halogens is 1. The number of anilines is 1. The SMILES string of the molecule is CN(Cc1ccc(Cl)cc1)C(=O)CN(c1ccc2c(c1)OCO2)S(C)(=O)=O. The highest BCUT2D eigenvalue weighted by atomic mass is 35.5. The topological polar surface area (TPSA) is 76.2 Å². The lowest BCUT2D eigenvalue weighted by molar-refractivity contribution is -0.128. The Morgan fingerprint density at radius 3 is 2.44 bits per heavy atom. The van der Waals surface area contributed by atoms with Crippen LogP contribution in [0.25, 0.3) is 0 Å². The molecule has 0 radical (unpaired) electrons. The van der Waals surface area contributed by atoms with E-state index in [4.69, 9.17) is 21.1 Å². The van der Waals surface area contributed by atoms with Gasteiger partial charge in [-0.25, -0.2) is 8.42 Å². The first-order valence-corrected chi connectivity index (χ1v) is 10.3. The van der Waals surface area contributed by atoms with Crippen LogP contribution in [0.4, 0.5) is 5.69 Å². The third-order valence-corrected chi connectivity index (χ3v) is 5.47. The highest BCUT2D eigenvalue weighted by molar-refractivity contribution is 7.92. The summed E-state index contributed by atoms with van der Waals surface area (Å²) >= 11 is 5.86. The zero-order valence-corrected chi connectivity index (χ0v) is 16.5. The van der Waals surface area contributed by atoms with Gasteiger partial charge in [-0.3, -0.25) is 9.10 Å². The summed E-state index contributed by atoms with van der Waals surface area (Å²) in [5.41, 5.74) is 1.24. The van der Waals surface area contributed by atoms with E-state index in [2.05, 4.69) is 0 Å². The van der Waals surface area contributed by atoms with E-state index >= 15 is 0 Å². The van der Waals surface area contributed by atoms with Crippen LogP contribution in [0.15, 0.2) is 42.5 Å². The van der Waals surface area contributed by atoms with Crippen LogP contribution in [0.3, 0.4) is 0 Å². The zero-order chi connectivity index (χ0) is 19.6. The number of nitrogens with zero attached hydrogens (tertiary/aromatic N) is 2. The molecule has 0 saturated carbocycles. The van der Waals surface area contributed by atoms with Crippen molar-refractivity contribution < 1.29 is 22.7 Å². The van der Waals surface area contributed by atoms with Crippen LogP contribution in [0, 0.1) is 0 Å². The second-order valence-electron chi connectivity index (χ2n) is 6.18. The lowest BCUT2D eigenvalue weighted by Crippen LogP contribution is -2.41. The molecule has 0 N–H and O–H groups in total. The molecule has 144 valence electrons. The predicted octanol–water partition coefficient (Wildman–Crippen LogP) is 2.49. The summed E-state index contributed by atoms with van der Waals surface area (Å²) in [5, 5.41) is 0.610. The Kier molecular flexibility index (Phi) is 5.48. The van der Waals surface area contributed by atoms with E-state index in [9.17, 15) is 13.2 Å². The number of fused-ring (bicyclic) bond motifs is 1. The van der Waals surface area contributed by atoms with Gasteiger partial charge in [0, 0.05) is 24.7 Å². The van der Waals surface area contributed by atoms with Crippen molar-refractivity contribution >= 4 is 33.2 Å². The van der Waals surface area contributed by atoms with Gasteiger partial charge in [-0.1, -0.05) is 23.7 Å². The van der Waals surface area contributed by atoms with E-state index in [1.54, 1.807) is 37.4 Å². The lowest BCUT2D eigenvalue weighted by Gasteiger charge is -2.25. The summed E-state index contributed by atoms with van der Waals surface area (Å²) in [7, 11) is -2.05. The highest BCUT2D eigenvalue weighted by Gasteiger charge is 2.25. The molecule has 1 heterocycles. The molecule has 2 aromatic rings. The van der Waals surface area contributed by atoms with Gasteiger partial charge in [0.05, 0.1) is 11.9 Å². The van der Waals surface area contributed by atoms with Gasteiger partial charge >= 0.3 is 0 Å². The number of amides is 1. The molecular weight excluding hydrogens is 392 g/mol. The average Bonchev–Trinajstić information content (AvgIpc) is 3.08. The van der Waals surface area contributed by atoms with E-state index in [1.165, 1.54) is 4.90 Å². The maximum Gasteiger partial charge on any atom is 0.243 e. The molecule has 7 nitrogen and oxygen atoms in total. The van der Waals surface area contributed by atoms with Gasteiger partial charge in [-0.15, -0.1) is 0 Å². The smallest absolute Gasteiger partial charge is 0.243 e. The summed E-state index contributed by atoms with van der Waals surface area (Å²) in [4.78, 5) is 14.1. The first-order valence-electron chi connectivity index (χ1n) is 8.10. The van der Waals surface area contributed by atoms with Crippen LogP contribution in [0.1, 0.15) is 5.56 Å². The Labute approximate surface area is 163 Å². The van der Waals surface area contributed by atoms with Crippen molar-refractivity contribution in [2.24, 2.45) is 0 Å². The fourth-order valence-electron chi connectivity index (χ4n) is 2.64. The number of ether oxygens (including phenoxy) is 2. The van der Waals surface area contributed by atoms with Gasteiger partial charge in [0.25, 0.3) is 0 Å². The predicted molar refractivity (Wildman–Crippen MR) is 103 cm³/mol. The molecule has 0 aromatic heterocycles. The van der Waals surface area contributed by atoms with Crippen molar-refractivity contribution in [3.05, 3.63) is 53.1 Å². The van der Waals surface area contributed by atoms with E-state index in [0.717, 1.165) is 16.1 Å². The van der Waals surface area contributed by atoms with Crippen LogP contribution in [-0.4, -0.2) is 45.9 Å². The Morgan fingerprint density at radius 1 is 1.11 bits per heavy atom. The monoisotopic (exact) mass is 410 g/mol. The third-order valence-electron chi connectivity index (χ3n) is 4.08. The second kappa shape index (κ2) is 7.66. The van der Waals surface area contributed by atoms with Crippen molar-refractivity contribution in [2.45, 2.75) is 6.54 Å². The highest BCUT2D eigenvalue weighted by Crippen LogP contribution is 2.36. The molecule has 27 heavy (non-hydrogen) atoms. The molecule has 0 fully saturated rings. The van der Waals surface area contributed by atoms with Crippen LogP contribution < -0.4 is 13.8 Å². The second-order valence-corrected chi connectivity index (χ2v) is 8.53. The normalized spacial score (nSPS) is 12.7. The van der Waals surface area contributed by atoms with Crippen LogP contribution >= 0.6 is 11.6 Å². The molecule has 1 amide bonds. The zero-order valence-electron chi connectivity index (χ0n) is 14.9. The van der Waals surface area contributed by atoms with Crippen LogP contribution in [-0.2, 0) is 21.4 Å². The summed E-state index contributed by atoms with van der Waals surface area (Å²) in [6, 6.07) is 11.9. The Balaban J connectivity index is 1.76. The van der Waals surface area contributed by atoms with Gasteiger partial charge in [-0.05, 0) is 29.8 Å². The van der Waals surface area contributed by atoms with E-state index in [-0.39, 0.29) is 19.2 Å². The molecule has 1 aliphatic rings. The molecule has 0 aliphatic carbocycles. The summed E-state index contributed by atoms with van der Waals surface area (Å²) in [6.07, 6.45) is 1.06.